The number of nitrogens with zero attached hydrogens (tertiary/aromatic N) is 1. The van der Waals surface area contributed by atoms with Crippen molar-refractivity contribution in [3.05, 3.63) is 59.7 Å². The lowest BCUT2D eigenvalue weighted by Gasteiger charge is -2.05. The number of hydrogen-bond acceptors (Lipinski definition) is 2. The topological polar surface area (TPSA) is 21.6 Å². The second-order valence-electron chi connectivity index (χ2n) is 4.06. The Balaban J connectivity index is 2.20. The smallest absolute Gasteiger partial charge is 0.128 e. The van der Waals surface area contributed by atoms with Crippen LogP contribution in [-0.4, -0.2) is 12.8 Å². The Morgan fingerprint density at radius 2 is 1.78 bits per heavy atom. The molecule has 0 saturated heterocycles. The molecule has 0 bridgehead atoms. The second kappa shape index (κ2) is 6.01. The van der Waals surface area contributed by atoms with Crippen LogP contribution in [0, 0.1) is 6.92 Å². The summed E-state index contributed by atoms with van der Waals surface area (Å²) in [6.07, 6.45) is 1.84. The summed E-state index contributed by atoms with van der Waals surface area (Å²) in [5, 5.41) is 0. The molecule has 0 aromatic heterocycles. The molecule has 0 amide bonds. The molecular weight excluding hydrogens is 222 g/mol. The van der Waals surface area contributed by atoms with Gasteiger partial charge in [-0.05, 0) is 38.1 Å². The Hall–Kier alpha value is -2.09. The second-order valence-corrected chi connectivity index (χ2v) is 4.06. The van der Waals surface area contributed by atoms with Crippen LogP contribution in [-0.2, 0) is 0 Å². The third-order valence-corrected chi connectivity index (χ3v) is 2.61. The molecule has 2 rings (SSSR count). The van der Waals surface area contributed by atoms with Crippen molar-refractivity contribution >= 4 is 11.9 Å². The van der Waals surface area contributed by atoms with E-state index >= 15 is 0 Å². The molecule has 2 nitrogen and oxygen atoms in total. The van der Waals surface area contributed by atoms with E-state index in [0.29, 0.717) is 6.61 Å². The number of rotatable bonds is 4. The molecule has 0 saturated carbocycles. The summed E-state index contributed by atoms with van der Waals surface area (Å²) >= 11 is 0. The van der Waals surface area contributed by atoms with Crippen molar-refractivity contribution in [3.8, 4) is 5.75 Å². The van der Waals surface area contributed by atoms with Gasteiger partial charge in [0.2, 0.25) is 0 Å². The minimum Gasteiger partial charge on any atom is -0.493 e. The molecule has 0 radical (unpaired) electrons. The molecule has 2 aromatic carbocycles. The van der Waals surface area contributed by atoms with E-state index < -0.39 is 0 Å². The van der Waals surface area contributed by atoms with Gasteiger partial charge in [0, 0.05) is 11.8 Å². The number of ether oxygens (including phenoxy) is 1. The van der Waals surface area contributed by atoms with Crippen molar-refractivity contribution in [1.29, 1.82) is 0 Å². The van der Waals surface area contributed by atoms with Gasteiger partial charge in [-0.3, -0.25) is 4.99 Å². The summed E-state index contributed by atoms with van der Waals surface area (Å²) in [7, 11) is 0. The Labute approximate surface area is 108 Å². The Bertz CT molecular complexity index is 529. The van der Waals surface area contributed by atoms with Crippen molar-refractivity contribution in [2.45, 2.75) is 13.8 Å². The number of aliphatic imine (C=N–C) groups is 1. The fourth-order valence-electron chi connectivity index (χ4n) is 1.65. The van der Waals surface area contributed by atoms with Crippen molar-refractivity contribution in [3.63, 3.8) is 0 Å². The van der Waals surface area contributed by atoms with Crippen LogP contribution in [0.3, 0.4) is 0 Å². The first kappa shape index (κ1) is 12.4. The first-order valence-electron chi connectivity index (χ1n) is 6.12. The quantitative estimate of drug-likeness (QED) is 0.735. The summed E-state index contributed by atoms with van der Waals surface area (Å²) in [6.45, 7) is 4.71. The van der Waals surface area contributed by atoms with Crippen LogP contribution >= 0.6 is 0 Å². The number of para-hydroxylation sites is 1. The predicted molar refractivity (Wildman–Crippen MR) is 76.0 cm³/mol. The van der Waals surface area contributed by atoms with Gasteiger partial charge >= 0.3 is 0 Å². The third kappa shape index (κ3) is 3.20. The van der Waals surface area contributed by atoms with E-state index in [0.717, 1.165) is 17.0 Å². The molecule has 0 N–H and O–H groups in total. The molecule has 0 fully saturated rings. The van der Waals surface area contributed by atoms with Crippen molar-refractivity contribution < 1.29 is 4.74 Å². The highest BCUT2D eigenvalue weighted by Gasteiger charge is 1.98. The molecule has 0 aliphatic rings. The van der Waals surface area contributed by atoms with Crippen LogP contribution in [0.4, 0.5) is 5.69 Å². The summed E-state index contributed by atoms with van der Waals surface area (Å²) in [5.74, 6) is 0.871. The monoisotopic (exact) mass is 239 g/mol. The fourth-order valence-corrected chi connectivity index (χ4v) is 1.65. The molecule has 18 heavy (non-hydrogen) atoms. The molecule has 2 aromatic rings. The van der Waals surface area contributed by atoms with Crippen LogP contribution in [0.5, 0.6) is 5.75 Å². The maximum Gasteiger partial charge on any atom is 0.128 e. The third-order valence-electron chi connectivity index (χ3n) is 2.61. The SMILES string of the molecule is CCOc1ccccc1C=Nc1ccc(C)cc1. The number of hydrogen-bond donors (Lipinski definition) is 0. The minimum atomic E-state index is 0.662. The van der Waals surface area contributed by atoms with Crippen molar-refractivity contribution in [2.24, 2.45) is 4.99 Å². The molecule has 0 heterocycles. The average molecular weight is 239 g/mol. The lowest BCUT2D eigenvalue weighted by Crippen LogP contribution is -1.95. The summed E-state index contributed by atoms with van der Waals surface area (Å²) < 4.78 is 5.55. The zero-order valence-corrected chi connectivity index (χ0v) is 10.8. The van der Waals surface area contributed by atoms with Crippen LogP contribution in [0.2, 0.25) is 0 Å². The maximum absolute atomic E-state index is 5.55. The van der Waals surface area contributed by atoms with Gasteiger partial charge in [-0.1, -0.05) is 29.8 Å². The van der Waals surface area contributed by atoms with Gasteiger partial charge < -0.3 is 4.74 Å². The van der Waals surface area contributed by atoms with Crippen LogP contribution in [0.1, 0.15) is 18.1 Å². The molecule has 0 spiro atoms. The Morgan fingerprint density at radius 1 is 1.06 bits per heavy atom. The molecular formula is C16H17NO. The largest absolute Gasteiger partial charge is 0.493 e. The van der Waals surface area contributed by atoms with E-state index in [1.165, 1.54) is 5.56 Å². The van der Waals surface area contributed by atoms with Gasteiger partial charge in [0.25, 0.3) is 0 Å². The zero-order chi connectivity index (χ0) is 12.8. The Kier molecular flexibility index (Phi) is 4.13. The predicted octanol–water partition coefficient (Wildman–Crippen LogP) is 4.14. The molecule has 0 unspecified atom stereocenters. The molecule has 2 heteroatoms. The highest BCUT2D eigenvalue weighted by atomic mass is 16.5. The van der Waals surface area contributed by atoms with E-state index in [2.05, 4.69) is 24.0 Å². The van der Waals surface area contributed by atoms with E-state index in [-0.39, 0.29) is 0 Å². The Morgan fingerprint density at radius 3 is 2.50 bits per heavy atom. The highest BCUT2D eigenvalue weighted by molar-refractivity contribution is 5.85. The van der Waals surface area contributed by atoms with Crippen molar-refractivity contribution in [1.82, 2.24) is 0 Å². The number of aryl methyl sites for hydroxylation is 1. The van der Waals surface area contributed by atoms with Crippen LogP contribution in [0.15, 0.2) is 53.5 Å². The standard InChI is InChI=1S/C16H17NO/c1-3-18-16-7-5-4-6-14(16)12-17-15-10-8-13(2)9-11-15/h4-12H,3H2,1-2H3. The summed E-state index contributed by atoms with van der Waals surface area (Å²) in [4.78, 5) is 4.46. The zero-order valence-electron chi connectivity index (χ0n) is 10.8. The lowest BCUT2D eigenvalue weighted by atomic mass is 10.2. The highest BCUT2D eigenvalue weighted by Crippen LogP contribution is 2.18. The van der Waals surface area contributed by atoms with Crippen LogP contribution < -0.4 is 4.74 Å². The maximum atomic E-state index is 5.55. The van der Waals surface area contributed by atoms with E-state index in [1.807, 2.05) is 49.5 Å². The minimum absolute atomic E-state index is 0.662. The summed E-state index contributed by atoms with van der Waals surface area (Å²) in [5.41, 5.74) is 3.19. The molecule has 0 atom stereocenters. The molecule has 0 aliphatic carbocycles. The van der Waals surface area contributed by atoms with E-state index in [4.69, 9.17) is 4.74 Å². The van der Waals surface area contributed by atoms with E-state index in [1.54, 1.807) is 0 Å². The van der Waals surface area contributed by atoms with Crippen LogP contribution in [0.25, 0.3) is 0 Å². The average Bonchev–Trinajstić information content (AvgIpc) is 2.40. The lowest BCUT2D eigenvalue weighted by molar-refractivity contribution is 0.340. The van der Waals surface area contributed by atoms with Gasteiger partial charge in [-0.15, -0.1) is 0 Å². The molecule has 92 valence electrons. The van der Waals surface area contributed by atoms with Gasteiger partial charge in [0.15, 0.2) is 0 Å². The normalized spacial score (nSPS) is 10.8. The van der Waals surface area contributed by atoms with Gasteiger partial charge in [-0.2, -0.15) is 0 Å². The van der Waals surface area contributed by atoms with E-state index in [9.17, 15) is 0 Å². The van der Waals surface area contributed by atoms with Gasteiger partial charge in [-0.25, -0.2) is 0 Å². The summed E-state index contributed by atoms with van der Waals surface area (Å²) in [6, 6.07) is 16.0. The van der Waals surface area contributed by atoms with Gasteiger partial charge in [0.05, 0.1) is 12.3 Å². The first-order valence-corrected chi connectivity index (χ1v) is 6.12. The first-order chi connectivity index (χ1) is 8.79. The number of benzene rings is 2. The molecule has 0 aliphatic heterocycles. The van der Waals surface area contributed by atoms with Gasteiger partial charge in [0.1, 0.15) is 5.75 Å². The van der Waals surface area contributed by atoms with Crippen molar-refractivity contribution in [2.75, 3.05) is 6.61 Å². The fraction of sp³-hybridized carbons (Fsp3) is 0.188.